The maximum atomic E-state index is 13.4. The van der Waals surface area contributed by atoms with E-state index in [1.54, 1.807) is 17.0 Å². The van der Waals surface area contributed by atoms with Crippen LogP contribution in [-0.4, -0.2) is 37.4 Å². The predicted molar refractivity (Wildman–Crippen MR) is 167 cm³/mol. The molecule has 1 fully saturated rings. The van der Waals surface area contributed by atoms with Crippen LogP contribution in [0.1, 0.15) is 25.0 Å². The lowest BCUT2D eigenvalue weighted by Crippen LogP contribution is -2.27. The van der Waals surface area contributed by atoms with Crippen LogP contribution in [0.2, 0.25) is 10.0 Å². The van der Waals surface area contributed by atoms with Gasteiger partial charge in [-0.3, -0.25) is 9.69 Å². The molecule has 9 heteroatoms. The van der Waals surface area contributed by atoms with Crippen LogP contribution in [0, 0.1) is 0 Å². The standard InChI is InChI=1S/C29H29Cl2N3O2S2/c1-5-33(6-2)24-10-8-19(26(17-24)36-18-20-7-9-21(30)16-25(20)31)15-27-28(35)34(29(37)38-27)23-13-11-22(12-14-23)32(3)4/h7-17H,5-6,18H2,1-4H3/b27-15+. The average Bonchev–Trinajstić information content (AvgIpc) is 3.17. The molecule has 1 amide bonds. The minimum absolute atomic E-state index is 0.155. The molecule has 0 N–H and O–H groups in total. The molecule has 0 atom stereocenters. The molecule has 0 radical (unpaired) electrons. The number of ether oxygens (including phenoxy) is 1. The average molecular weight is 587 g/mol. The van der Waals surface area contributed by atoms with Gasteiger partial charge in [0.15, 0.2) is 4.32 Å². The lowest BCUT2D eigenvalue weighted by Gasteiger charge is -2.22. The van der Waals surface area contributed by atoms with Crippen LogP contribution < -0.4 is 19.4 Å². The first-order chi connectivity index (χ1) is 18.2. The van der Waals surface area contributed by atoms with E-state index in [2.05, 4.69) is 18.7 Å². The van der Waals surface area contributed by atoms with Gasteiger partial charge in [-0.2, -0.15) is 0 Å². The summed E-state index contributed by atoms with van der Waals surface area (Å²) < 4.78 is 6.77. The molecule has 1 aliphatic heterocycles. The number of benzene rings is 3. The van der Waals surface area contributed by atoms with Crippen LogP contribution in [0.25, 0.3) is 6.08 Å². The maximum absolute atomic E-state index is 13.4. The highest BCUT2D eigenvalue weighted by Crippen LogP contribution is 2.38. The van der Waals surface area contributed by atoms with E-state index in [0.717, 1.165) is 41.3 Å². The zero-order chi connectivity index (χ0) is 27.4. The highest BCUT2D eigenvalue weighted by molar-refractivity contribution is 8.27. The second-order valence-corrected chi connectivity index (χ2v) is 11.4. The second kappa shape index (κ2) is 12.4. The summed E-state index contributed by atoms with van der Waals surface area (Å²) in [6.07, 6.45) is 1.85. The van der Waals surface area contributed by atoms with Crippen molar-refractivity contribution in [3.63, 3.8) is 0 Å². The largest absolute Gasteiger partial charge is 0.488 e. The van der Waals surface area contributed by atoms with Crippen molar-refractivity contribution < 1.29 is 9.53 Å². The van der Waals surface area contributed by atoms with Crippen molar-refractivity contribution >= 4 is 80.5 Å². The van der Waals surface area contributed by atoms with Crippen LogP contribution in [-0.2, 0) is 11.4 Å². The van der Waals surface area contributed by atoms with Gasteiger partial charge in [-0.25, -0.2) is 0 Å². The molecule has 0 unspecified atom stereocenters. The zero-order valence-electron chi connectivity index (χ0n) is 21.7. The van der Waals surface area contributed by atoms with E-state index in [0.29, 0.717) is 25.0 Å². The van der Waals surface area contributed by atoms with E-state index in [-0.39, 0.29) is 12.5 Å². The first-order valence-electron chi connectivity index (χ1n) is 12.2. The molecule has 0 bridgehead atoms. The molecule has 38 heavy (non-hydrogen) atoms. The van der Waals surface area contributed by atoms with Crippen LogP contribution in [0.15, 0.2) is 65.6 Å². The molecule has 1 heterocycles. The van der Waals surface area contributed by atoms with Gasteiger partial charge < -0.3 is 14.5 Å². The van der Waals surface area contributed by atoms with Crippen molar-refractivity contribution in [2.75, 3.05) is 41.9 Å². The number of anilines is 3. The third-order valence-corrected chi connectivity index (χ3v) is 8.12. The number of thiocarbonyl (C=S) groups is 1. The summed E-state index contributed by atoms with van der Waals surface area (Å²) in [5.41, 5.74) is 4.44. The summed E-state index contributed by atoms with van der Waals surface area (Å²) in [4.78, 5) is 19.8. The molecule has 0 saturated carbocycles. The maximum Gasteiger partial charge on any atom is 0.270 e. The molecule has 3 aromatic carbocycles. The van der Waals surface area contributed by atoms with E-state index >= 15 is 0 Å². The molecule has 198 valence electrons. The number of hydrogen-bond acceptors (Lipinski definition) is 6. The van der Waals surface area contributed by atoms with Gasteiger partial charge in [0, 0.05) is 65.8 Å². The Labute approximate surface area is 244 Å². The molecule has 1 saturated heterocycles. The Kier molecular flexibility index (Phi) is 9.26. The quantitative estimate of drug-likeness (QED) is 0.188. The molecule has 0 spiro atoms. The molecular formula is C29H29Cl2N3O2S2. The van der Waals surface area contributed by atoms with Gasteiger partial charge in [-0.1, -0.05) is 53.2 Å². The number of rotatable bonds is 9. The molecule has 3 aromatic rings. The Morgan fingerprint density at radius 2 is 1.66 bits per heavy atom. The van der Waals surface area contributed by atoms with Crippen LogP contribution in [0.3, 0.4) is 0 Å². The fraction of sp³-hybridized carbons (Fsp3) is 0.241. The van der Waals surface area contributed by atoms with E-state index in [1.807, 2.05) is 73.6 Å². The molecule has 1 aliphatic rings. The SMILES string of the molecule is CCN(CC)c1ccc(/C=C2/SC(=S)N(c3ccc(N(C)C)cc3)C2=O)c(OCc2ccc(Cl)cc2Cl)c1. The first-order valence-corrected chi connectivity index (χ1v) is 14.2. The minimum atomic E-state index is -0.155. The van der Waals surface area contributed by atoms with E-state index < -0.39 is 0 Å². The first kappa shape index (κ1) is 28.3. The Morgan fingerprint density at radius 3 is 2.29 bits per heavy atom. The summed E-state index contributed by atoms with van der Waals surface area (Å²) in [6.45, 7) is 6.22. The van der Waals surface area contributed by atoms with Crippen molar-refractivity contribution in [3.05, 3.63) is 86.7 Å². The van der Waals surface area contributed by atoms with Gasteiger partial charge in [0.05, 0.1) is 10.6 Å². The third-order valence-electron chi connectivity index (χ3n) is 6.23. The minimum Gasteiger partial charge on any atom is -0.488 e. The van der Waals surface area contributed by atoms with Crippen molar-refractivity contribution in [2.24, 2.45) is 0 Å². The summed E-state index contributed by atoms with van der Waals surface area (Å²) in [7, 11) is 3.95. The Morgan fingerprint density at radius 1 is 0.974 bits per heavy atom. The second-order valence-electron chi connectivity index (χ2n) is 8.85. The Hall–Kier alpha value is -2.71. The Bertz CT molecular complexity index is 1370. The summed E-state index contributed by atoms with van der Waals surface area (Å²) in [5.74, 6) is 0.498. The number of hydrogen-bond donors (Lipinski definition) is 0. The monoisotopic (exact) mass is 585 g/mol. The molecule has 0 aromatic heterocycles. The fourth-order valence-corrected chi connectivity index (χ4v) is 5.83. The van der Waals surface area contributed by atoms with E-state index in [4.69, 9.17) is 40.2 Å². The number of amides is 1. The van der Waals surface area contributed by atoms with Crippen LogP contribution in [0.4, 0.5) is 17.1 Å². The number of halogens is 2. The van der Waals surface area contributed by atoms with Crippen LogP contribution in [0.5, 0.6) is 5.75 Å². The fourth-order valence-electron chi connectivity index (χ4n) is 4.08. The van der Waals surface area contributed by atoms with Gasteiger partial charge in [-0.15, -0.1) is 0 Å². The highest BCUT2D eigenvalue weighted by atomic mass is 35.5. The zero-order valence-corrected chi connectivity index (χ0v) is 24.8. The van der Waals surface area contributed by atoms with Crippen molar-refractivity contribution in [1.29, 1.82) is 0 Å². The van der Waals surface area contributed by atoms with Gasteiger partial charge in [-0.05, 0) is 68.5 Å². The molecular weight excluding hydrogens is 557 g/mol. The normalized spacial score (nSPS) is 14.4. The third kappa shape index (κ3) is 6.29. The molecule has 0 aliphatic carbocycles. The number of carbonyl (C=O) groups excluding carboxylic acids is 1. The predicted octanol–water partition coefficient (Wildman–Crippen LogP) is 7.89. The lowest BCUT2D eigenvalue weighted by molar-refractivity contribution is -0.113. The number of thioether (sulfide) groups is 1. The summed E-state index contributed by atoms with van der Waals surface area (Å²) >= 11 is 19.3. The van der Waals surface area contributed by atoms with Gasteiger partial charge in [0.2, 0.25) is 0 Å². The molecule has 5 nitrogen and oxygen atoms in total. The molecule has 4 rings (SSSR count). The van der Waals surface area contributed by atoms with Crippen molar-refractivity contribution in [3.8, 4) is 5.75 Å². The lowest BCUT2D eigenvalue weighted by atomic mass is 10.1. The summed E-state index contributed by atoms with van der Waals surface area (Å²) in [6, 6.07) is 19.1. The van der Waals surface area contributed by atoms with E-state index in [1.165, 1.54) is 11.8 Å². The summed E-state index contributed by atoms with van der Waals surface area (Å²) in [5, 5.41) is 1.11. The van der Waals surface area contributed by atoms with Gasteiger partial charge >= 0.3 is 0 Å². The van der Waals surface area contributed by atoms with Crippen molar-refractivity contribution in [2.45, 2.75) is 20.5 Å². The smallest absolute Gasteiger partial charge is 0.270 e. The highest BCUT2D eigenvalue weighted by Gasteiger charge is 2.33. The topological polar surface area (TPSA) is 36.0 Å². The Balaban J connectivity index is 1.65. The van der Waals surface area contributed by atoms with Gasteiger partial charge in [0.1, 0.15) is 12.4 Å². The van der Waals surface area contributed by atoms with Crippen molar-refractivity contribution in [1.82, 2.24) is 0 Å². The van der Waals surface area contributed by atoms with Gasteiger partial charge in [0.25, 0.3) is 5.91 Å². The van der Waals surface area contributed by atoms with Crippen LogP contribution >= 0.6 is 47.2 Å². The number of nitrogens with zero attached hydrogens (tertiary/aromatic N) is 3. The van der Waals surface area contributed by atoms with E-state index in [9.17, 15) is 4.79 Å². The number of carbonyl (C=O) groups is 1.